The highest BCUT2D eigenvalue weighted by Crippen LogP contribution is 2.25. The van der Waals surface area contributed by atoms with Crippen LogP contribution in [0.3, 0.4) is 0 Å². The van der Waals surface area contributed by atoms with Crippen LogP contribution in [0, 0.1) is 11.7 Å². The van der Waals surface area contributed by atoms with Crippen LogP contribution in [0.5, 0.6) is 5.75 Å². The van der Waals surface area contributed by atoms with Crippen LogP contribution >= 0.6 is 0 Å². The van der Waals surface area contributed by atoms with E-state index in [-0.39, 0.29) is 29.3 Å². The van der Waals surface area contributed by atoms with Gasteiger partial charge in [-0.2, -0.15) is 0 Å². The summed E-state index contributed by atoms with van der Waals surface area (Å²) in [5.74, 6) is 0.562. The fraction of sp³-hybridized carbons (Fsp3) is 0.450. The Morgan fingerprint density at radius 3 is 2.67 bits per heavy atom. The largest absolute Gasteiger partial charge is 0.491 e. The van der Waals surface area contributed by atoms with Gasteiger partial charge in [-0.1, -0.05) is 6.92 Å². The maximum absolute atomic E-state index is 13.0. The monoisotopic (exact) mass is 393 g/mol. The molecule has 1 aromatic heterocycles. The molecule has 1 aliphatic heterocycles. The van der Waals surface area contributed by atoms with Crippen LogP contribution < -0.4 is 4.74 Å². The molecule has 0 bridgehead atoms. The number of aromatic nitrogens is 1. The molecular formula is C20H24FNO4S. The first-order valence-corrected chi connectivity index (χ1v) is 11.0. The average Bonchev–Trinajstić information content (AvgIpc) is 2.68. The van der Waals surface area contributed by atoms with Crippen molar-refractivity contribution in [3.8, 4) is 17.0 Å². The SMILES string of the molecule is CCS(=O)(=O)CC1CCCO[C@@H]1COc1ccc(-c2ccc(F)cn2)cc1. The standard InChI is InChI=1S/C20H24FNO4S/c1-2-27(23,24)14-16-4-3-11-25-20(16)13-26-18-8-5-15(6-9-18)19-10-7-17(21)12-22-19/h5-10,12,16,20H,2-4,11,13-14H2,1H3/t16?,20-/m1/s1. The van der Waals surface area contributed by atoms with Gasteiger partial charge in [0.25, 0.3) is 0 Å². The summed E-state index contributed by atoms with van der Waals surface area (Å²) < 4.78 is 48.5. The molecule has 0 N–H and O–H groups in total. The summed E-state index contributed by atoms with van der Waals surface area (Å²) in [6.07, 6.45) is 2.67. The number of rotatable bonds is 7. The zero-order valence-corrected chi connectivity index (χ0v) is 16.1. The van der Waals surface area contributed by atoms with Crippen LogP contribution in [-0.2, 0) is 14.6 Å². The molecule has 0 radical (unpaired) electrons. The maximum atomic E-state index is 13.0. The molecule has 2 aromatic rings. The lowest BCUT2D eigenvalue weighted by atomic mass is 9.97. The Morgan fingerprint density at radius 1 is 1.22 bits per heavy atom. The lowest BCUT2D eigenvalue weighted by molar-refractivity contribution is -0.0428. The normalized spacial score (nSPS) is 20.4. The Balaban J connectivity index is 1.60. The van der Waals surface area contributed by atoms with E-state index in [4.69, 9.17) is 9.47 Å². The Kier molecular flexibility index (Phi) is 6.44. The molecule has 0 spiro atoms. The molecule has 146 valence electrons. The van der Waals surface area contributed by atoms with Gasteiger partial charge in [0.15, 0.2) is 0 Å². The fourth-order valence-corrected chi connectivity index (χ4v) is 4.44. The minimum atomic E-state index is -3.04. The van der Waals surface area contributed by atoms with Gasteiger partial charge in [-0.15, -0.1) is 0 Å². The van der Waals surface area contributed by atoms with Crippen molar-refractivity contribution in [3.05, 3.63) is 48.4 Å². The Hall–Kier alpha value is -1.99. The third-order valence-corrected chi connectivity index (χ3v) is 6.59. The summed E-state index contributed by atoms with van der Waals surface area (Å²) in [4.78, 5) is 4.06. The second kappa shape index (κ2) is 8.80. The average molecular weight is 393 g/mol. The number of nitrogens with zero attached hydrogens (tertiary/aromatic N) is 1. The molecule has 0 saturated carbocycles. The molecule has 1 unspecified atom stereocenters. The molecule has 1 aromatic carbocycles. The van der Waals surface area contributed by atoms with Crippen molar-refractivity contribution in [2.75, 3.05) is 24.7 Å². The number of halogens is 1. The van der Waals surface area contributed by atoms with Crippen molar-refractivity contribution < 1.29 is 22.3 Å². The van der Waals surface area contributed by atoms with Crippen LogP contribution in [0.1, 0.15) is 19.8 Å². The van der Waals surface area contributed by atoms with Gasteiger partial charge >= 0.3 is 0 Å². The van der Waals surface area contributed by atoms with Crippen LogP contribution in [0.15, 0.2) is 42.6 Å². The van der Waals surface area contributed by atoms with Gasteiger partial charge in [0, 0.05) is 23.8 Å². The molecular weight excluding hydrogens is 369 g/mol. The zero-order chi connectivity index (χ0) is 19.3. The quantitative estimate of drug-likeness (QED) is 0.720. The number of ether oxygens (including phenoxy) is 2. The van der Waals surface area contributed by atoms with E-state index < -0.39 is 9.84 Å². The number of pyridine rings is 1. The highest BCUT2D eigenvalue weighted by molar-refractivity contribution is 7.91. The summed E-state index contributed by atoms with van der Waals surface area (Å²) in [6, 6.07) is 10.4. The predicted molar refractivity (Wildman–Crippen MR) is 102 cm³/mol. The van der Waals surface area contributed by atoms with Crippen LogP contribution in [0.2, 0.25) is 0 Å². The Labute approximate surface area is 159 Å². The van der Waals surface area contributed by atoms with Crippen molar-refractivity contribution >= 4 is 9.84 Å². The third-order valence-electron chi connectivity index (χ3n) is 4.78. The van der Waals surface area contributed by atoms with Gasteiger partial charge in [0.05, 0.1) is 23.7 Å². The predicted octanol–water partition coefficient (Wildman–Crippen LogP) is 3.50. The van der Waals surface area contributed by atoms with Gasteiger partial charge in [0.1, 0.15) is 28.0 Å². The van der Waals surface area contributed by atoms with E-state index in [1.165, 1.54) is 12.3 Å². The van der Waals surface area contributed by atoms with Crippen molar-refractivity contribution in [1.82, 2.24) is 4.98 Å². The highest BCUT2D eigenvalue weighted by Gasteiger charge is 2.30. The van der Waals surface area contributed by atoms with E-state index in [1.54, 1.807) is 13.0 Å². The van der Waals surface area contributed by atoms with E-state index in [1.807, 2.05) is 24.3 Å². The van der Waals surface area contributed by atoms with Gasteiger partial charge in [-0.25, -0.2) is 12.8 Å². The van der Waals surface area contributed by atoms with E-state index in [0.29, 0.717) is 24.7 Å². The van der Waals surface area contributed by atoms with Crippen molar-refractivity contribution in [2.45, 2.75) is 25.9 Å². The topological polar surface area (TPSA) is 65.5 Å². The molecule has 3 rings (SSSR count). The van der Waals surface area contributed by atoms with E-state index >= 15 is 0 Å². The third kappa shape index (κ3) is 5.49. The van der Waals surface area contributed by atoms with E-state index in [0.717, 1.165) is 18.4 Å². The van der Waals surface area contributed by atoms with E-state index in [2.05, 4.69) is 4.98 Å². The molecule has 1 aliphatic rings. The Morgan fingerprint density at radius 2 is 2.00 bits per heavy atom. The lowest BCUT2D eigenvalue weighted by Crippen LogP contribution is -2.38. The molecule has 27 heavy (non-hydrogen) atoms. The molecule has 1 fully saturated rings. The summed E-state index contributed by atoms with van der Waals surface area (Å²) in [6.45, 7) is 2.62. The molecule has 7 heteroatoms. The summed E-state index contributed by atoms with van der Waals surface area (Å²) in [7, 11) is -3.04. The van der Waals surface area contributed by atoms with E-state index in [9.17, 15) is 12.8 Å². The number of sulfone groups is 1. The second-order valence-corrected chi connectivity index (χ2v) is 9.11. The number of hydrogen-bond acceptors (Lipinski definition) is 5. The first-order chi connectivity index (χ1) is 13.0. The van der Waals surface area contributed by atoms with Crippen LogP contribution in [-0.4, -0.2) is 44.2 Å². The van der Waals surface area contributed by atoms with Gasteiger partial charge in [0.2, 0.25) is 0 Å². The summed E-state index contributed by atoms with van der Waals surface area (Å²) in [5.41, 5.74) is 1.55. The Bertz CT molecular complexity index is 837. The molecule has 2 atom stereocenters. The number of hydrogen-bond donors (Lipinski definition) is 0. The smallest absolute Gasteiger partial charge is 0.150 e. The molecule has 5 nitrogen and oxygen atoms in total. The first-order valence-electron chi connectivity index (χ1n) is 9.13. The maximum Gasteiger partial charge on any atom is 0.150 e. The van der Waals surface area contributed by atoms with Crippen LogP contribution in [0.4, 0.5) is 4.39 Å². The molecule has 2 heterocycles. The van der Waals surface area contributed by atoms with Crippen molar-refractivity contribution in [1.29, 1.82) is 0 Å². The highest BCUT2D eigenvalue weighted by atomic mass is 32.2. The lowest BCUT2D eigenvalue weighted by Gasteiger charge is -2.31. The van der Waals surface area contributed by atoms with Crippen LogP contribution in [0.25, 0.3) is 11.3 Å². The summed E-state index contributed by atoms with van der Waals surface area (Å²) in [5, 5.41) is 0. The van der Waals surface area contributed by atoms with Crippen molar-refractivity contribution in [3.63, 3.8) is 0 Å². The molecule has 0 aliphatic carbocycles. The zero-order valence-electron chi connectivity index (χ0n) is 15.3. The van der Waals surface area contributed by atoms with Gasteiger partial charge in [-0.3, -0.25) is 4.98 Å². The van der Waals surface area contributed by atoms with Gasteiger partial charge in [-0.05, 0) is 49.2 Å². The first kappa shape index (κ1) is 19.8. The molecule has 0 amide bonds. The molecule has 1 saturated heterocycles. The summed E-state index contributed by atoms with van der Waals surface area (Å²) >= 11 is 0. The minimum Gasteiger partial charge on any atom is -0.491 e. The van der Waals surface area contributed by atoms with Gasteiger partial charge < -0.3 is 9.47 Å². The number of benzene rings is 1. The fourth-order valence-electron chi connectivity index (χ4n) is 3.17. The second-order valence-electron chi connectivity index (χ2n) is 6.71. The van der Waals surface area contributed by atoms with Crippen molar-refractivity contribution in [2.24, 2.45) is 5.92 Å². The minimum absolute atomic E-state index is 0.0358.